The maximum atomic E-state index is 12.4. The van der Waals surface area contributed by atoms with Gasteiger partial charge >= 0.3 is 0 Å². The zero-order valence-electron chi connectivity index (χ0n) is 16.0. The molecule has 1 aromatic heterocycles. The first-order valence-electron chi connectivity index (χ1n) is 9.51. The van der Waals surface area contributed by atoms with E-state index in [-0.39, 0.29) is 11.9 Å². The fraction of sp³-hybridized carbons (Fsp3) is 0.524. The van der Waals surface area contributed by atoms with Crippen molar-refractivity contribution in [3.63, 3.8) is 0 Å². The van der Waals surface area contributed by atoms with Crippen molar-refractivity contribution >= 4 is 17.2 Å². The molecule has 1 fully saturated rings. The van der Waals surface area contributed by atoms with Crippen molar-refractivity contribution in [2.75, 3.05) is 13.1 Å². The minimum Gasteiger partial charge on any atom is -0.348 e. The Morgan fingerprint density at radius 3 is 2.58 bits per heavy atom. The molecule has 1 aliphatic rings. The number of hydrogen-bond donors (Lipinski definition) is 1. The number of benzene rings is 1. The monoisotopic (exact) mass is 371 g/mol. The Morgan fingerprint density at radius 1 is 1.27 bits per heavy atom. The van der Waals surface area contributed by atoms with Crippen LogP contribution in [0.4, 0.5) is 0 Å². The van der Waals surface area contributed by atoms with Gasteiger partial charge in [-0.15, -0.1) is 11.3 Å². The maximum absolute atomic E-state index is 12.4. The van der Waals surface area contributed by atoms with Gasteiger partial charge in [-0.1, -0.05) is 30.3 Å². The van der Waals surface area contributed by atoms with Crippen molar-refractivity contribution in [2.45, 2.75) is 52.6 Å². The average Bonchev–Trinajstić information content (AvgIpc) is 2.96. The lowest BCUT2D eigenvalue weighted by Crippen LogP contribution is -2.36. The lowest BCUT2D eigenvalue weighted by Gasteiger charge is -2.31. The number of aromatic nitrogens is 1. The summed E-state index contributed by atoms with van der Waals surface area (Å²) in [5, 5.41) is 4.20. The lowest BCUT2D eigenvalue weighted by atomic mass is 9.93. The second-order valence-corrected chi connectivity index (χ2v) is 8.78. The molecule has 1 atom stereocenters. The molecule has 1 aliphatic heterocycles. The Balaban J connectivity index is 1.42. The van der Waals surface area contributed by atoms with E-state index >= 15 is 0 Å². The summed E-state index contributed by atoms with van der Waals surface area (Å²) in [6.45, 7) is 9.28. The Bertz CT molecular complexity index is 720. The number of rotatable bonds is 6. The SMILES string of the molecule is Cc1nc([C@H](C)NC(=O)CC2CCN(Cc3ccccc3)CC2)c(C)s1. The van der Waals surface area contributed by atoms with Crippen molar-refractivity contribution in [3.8, 4) is 0 Å². The van der Waals surface area contributed by atoms with E-state index in [0.29, 0.717) is 12.3 Å². The molecule has 0 radical (unpaired) electrons. The minimum absolute atomic E-state index is 0.00869. The molecule has 3 rings (SSSR count). The highest BCUT2D eigenvalue weighted by molar-refractivity contribution is 7.11. The molecule has 0 unspecified atom stereocenters. The maximum Gasteiger partial charge on any atom is 0.220 e. The van der Waals surface area contributed by atoms with Gasteiger partial charge < -0.3 is 5.32 Å². The summed E-state index contributed by atoms with van der Waals surface area (Å²) < 4.78 is 0. The third-order valence-electron chi connectivity index (χ3n) is 5.16. The summed E-state index contributed by atoms with van der Waals surface area (Å²) in [6, 6.07) is 10.6. The van der Waals surface area contributed by atoms with Crippen LogP contribution in [0.5, 0.6) is 0 Å². The molecule has 26 heavy (non-hydrogen) atoms. The van der Waals surface area contributed by atoms with Gasteiger partial charge in [0.2, 0.25) is 5.91 Å². The van der Waals surface area contributed by atoms with Crippen LogP contribution < -0.4 is 5.32 Å². The number of aryl methyl sites for hydroxylation is 2. The van der Waals surface area contributed by atoms with Crippen LogP contribution in [-0.2, 0) is 11.3 Å². The number of hydrogen-bond acceptors (Lipinski definition) is 4. The molecule has 4 nitrogen and oxygen atoms in total. The van der Waals surface area contributed by atoms with E-state index in [0.717, 1.165) is 43.2 Å². The van der Waals surface area contributed by atoms with Gasteiger partial charge in [0, 0.05) is 17.8 Å². The number of carbonyl (C=O) groups is 1. The van der Waals surface area contributed by atoms with Crippen molar-refractivity contribution < 1.29 is 4.79 Å². The highest BCUT2D eigenvalue weighted by Crippen LogP contribution is 2.24. The predicted molar refractivity (Wildman–Crippen MR) is 107 cm³/mol. The normalized spacial score (nSPS) is 17.2. The van der Waals surface area contributed by atoms with Crippen molar-refractivity contribution in [2.24, 2.45) is 5.92 Å². The summed E-state index contributed by atoms with van der Waals surface area (Å²) in [6.07, 6.45) is 2.83. The molecular weight excluding hydrogens is 342 g/mol. The predicted octanol–water partition coefficient (Wildman–Crippen LogP) is 4.24. The van der Waals surface area contributed by atoms with Crippen LogP contribution in [0.3, 0.4) is 0 Å². The average molecular weight is 372 g/mol. The summed E-state index contributed by atoms with van der Waals surface area (Å²) in [5.74, 6) is 0.650. The largest absolute Gasteiger partial charge is 0.348 e. The smallest absolute Gasteiger partial charge is 0.220 e. The van der Waals surface area contributed by atoms with Gasteiger partial charge in [0.1, 0.15) is 0 Å². The number of piperidine rings is 1. The van der Waals surface area contributed by atoms with Crippen molar-refractivity contribution in [1.29, 1.82) is 0 Å². The number of nitrogens with zero attached hydrogens (tertiary/aromatic N) is 2. The summed E-state index contributed by atoms with van der Waals surface area (Å²) in [4.78, 5) is 20.7. The fourth-order valence-electron chi connectivity index (χ4n) is 3.77. The van der Waals surface area contributed by atoms with Crippen LogP contribution >= 0.6 is 11.3 Å². The van der Waals surface area contributed by atoms with Crippen LogP contribution in [0.2, 0.25) is 0 Å². The number of likely N-dealkylation sites (tertiary alicyclic amines) is 1. The fourth-order valence-corrected chi connectivity index (χ4v) is 4.68. The van der Waals surface area contributed by atoms with Gasteiger partial charge in [-0.2, -0.15) is 0 Å². The molecular formula is C21H29N3OS. The van der Waals surface area contributed by atoms with Gasteiger partial charge in [0.25, 0.3) is 0 Å². The first-order valence-corrected chi connectivity index (χ1v) is 10.3. The van der Waals surface area contributed by atoms with Crippen LogP contribution in [0.15, 0.2) is 30.3 Å². The molecule has 1 amide bonds. The van der Waals surface area contributed by atoms with Gasteiger partial charge in [-0.3, -0.25) is 9.69 Å². The van der Waals surface area contributed by atoms with E-state index < -0.39 is 0 Å². The number of amides is 1. The van der Waals surface area contributed by atoms with E-state index in [1.807, 2.05) is 13.8 Å². The summed E-state index contributed by atoms with van der Waals surface area (Å²) >= 11 is 1.69. The van der Waals surface area contributed by atoms with E-state index in [2.05, 4.69) is 52.5 Å². The van der Waals surface area contributed by atoms with E-state index in [9.17, 15) is 4.79 Å². The molecule has 1 N–H and O–H groups in total. The van der Waals surface area contributed by atoms with Gasteiger partial charge in [0.15, 0.2) is 0 Å². The third kappa shape index (κ3) is 5.15. The number of nitrogens with one attached hydrogen (secondary N) is 1. The quantitative estimate of drug-likeness (QED) is 0.826. The first kappa shape index (κ1) is 19.1. The highest BCUT2D eigenvalue weighted by atomic mass is 32.1. The standard InChI is InChI=1S/C21H29N3OS/c1-15(21-16(2)26-17(3)23-21)22-20(25)13-18-9-11-24(12-10-18)14-19-7-5-4-6-8-19/h4-8,15,18H,9-14H2,1-3H3,(H,22,25)/t15-/m0/s1. The Hall–Kier alpha value is -1.72. The molecule has 0 aliphatic carbocycles. The summed E-state index contributed by atoms with van der Waals surface area (Å²) in [5.41, 5.74) is 2.38. The van der Waals surface area contributed by atoms with Gasteiger partial charge in [0.05, 0.1) is 16.7 Å². The lowest BCUT2D eigenvalue weighted by molar-refractivity contribution is -0.123. The van der Waals surface area contributed by atoms with Crippen LogP contribution in [0.1, 0.15) is 53.4 Å². The Kier molecular flexibility index (Phi) is 6.43. The molecule has 0 bridgehead atoms. The summed E-state index contributed by atoms with van der Waals surface area (Å²) in [7, 11) is 0. The number of thiazole rings is 1. The van der Waals surface area contributed by atoms with Crippen molar-refractivity contribution in [1.82, 2.24) is 15.2 Å². The molecule has 140 valence electrons. The van der Waals surface area contributed by atoms with Crippen molar-refractivity contribution in [3.05, 3.63) is 51.5 Å². The van der Waals surface area contributed by atoms with Gasteiger partial charge in [-0.05, 0) is 58.2 Å². The third-order valence-corrected chi connectivity index (χ3v) is 6.06. The van der Waals surface area contributed by atoms with Crippen LogP contribution in [0, 0.1) is 19.8 Å². The minimum atomic E-state index is -0.00869. The molecule has 2 aromatic rings. The second-order valence-electron chi connectivity index (χ2n) is 7.37. The Labute approximate surface area is 160 Å². The number of carbonyl (C=O) groups excluding carboxylic acids is 1. The van der Waals surface area contributed by atoms with E-state index in [1.165, 1.54) is 10.4 Å². The molecule has 1 saturated heterocycles. The van der Waals surface area contributed by atoms with E-state index in [1.54, 1.807) is 11.3 Å². The molecule has 5 heteroatoms. The van der Waals surface area contributed by atoms with E-state index in [4.69, 9.17) is 0 Å². The molecule has 1 aromatic carbocycles. The van der Waals surface area contributed by atoms with Gasteiger partial charge in [-0.25, -0.2) is 4.98 Å². The second kappa shape index (κ2) is 8.78. The first-order chi connectivity index (χ1) is 12.5. The molecule has 0 saturated carbocycles. The van der Waals surface area contributed by atoms with Crippen LogP contribution in [0.25, 0.3) is 0 Å². The Morgan fingerprint density at radius 2 is 1.96 bits per heavy atom. The zero-order chi connectivity index (χ0) is 18.5. The van der Waals surface area contributed by atoms with Crippen LogP contribution in [-0.4, -0.2) is 28.9 Å². The topological polar surface area (TPSA) is 45.2 Å². The highest BCUT2D eigenvalue weighted by Gasteiger charge is 2.23. The molecule has 2 heterocycles. The molecule has 0 spiro atoms. The zero-order valence-corrected chi connectivity index (χ0v) is 16.8.